The first-order chi connectivity index (χ1) is 11.8. The molecule has 1 aliphatic rings. The van der Waals surface area contributed by atoms with E-state index in [1.54, 1.807) is 12.5 Å². The molecule has 2 aromatic rings. The number of aryl methyl sites for hydroxylation is 2. The van der Waals surface area contributed by atoms with Gasteiger partial charge in [-0.2, -0.15) is 0 Å². The summed E-state index contributed by atoms with van der Waals surface area (Å²) in [5, 5.41) is 3.32. The molecule has 0 aromatic carbocycles. The van der Waals surface area contributed by atoms with Crippen LogP contribution in [-0.4, -0.2) is 57.6 Å². The summed E-state index contributed by atoms with van der Waals surface area (Å²) in [5.74, 6) is 0.538. The van der Waals surface area contributed by atoms with Gasteiger partial charge < -0.3 is 9.88 Å². The van der Waals surface area contributed by atoms with Gasteiger partial charge in [0, 0.05) is 32.4 Å². The Morgan fingerprint density at radius 3 is 2.48 bits per heavy atom. The zero-order valence-electron chi connectivity index (χ0n) is 14.4. The Morgan fingerprint density at radius 2 is 1.92 bits per heavy atom. The zero-order valence-corrected chi connectivity index (χ0v) is 16.8. The average Bonchev–Trinajstić information content (AvgIpc) is 2.88. The van der Waals surface area contributed by atoms with E-state index in [0.29, 0.717) is 19.0 Å². The van der Waals surface area contributed by atoms with Crippen LogP contribution in [-0.2, 0) is 17.1 Å². The highest BCUT2D eigenvalue weighted by atomic mass is 79.9. The normalized spacial score (nSPS) is 17.0. The SMILES string of the molecule is Cc1cnc(NC2CCN(S(C)(=O)=O)CC2)nc1-c1ncn(C)c1Br. The third-order valence-corrected chi connectivity index (χ3v) is 6.56. The van der Waals surface area contributed by atoms with Crippen LogP contribution in [0.2, 0.25) is 0 Å². The summed E-state index contributed by atoms with van der Waals surface area (Å²) in [6.45, 7) is 2.98. The highest BCUT2D eigenvalue weighted by molar-refractivity contribution is 9.10. The number of halogens is 1. The van der Waals surface area contributed by atoms with Gasteiger partial charge in [0.15, 0.2) is 0 Å². The van der Waals surface area contributed by atoms with Crippen molar-refractivity contribution in [1.82, 2.24) is 23.8 Å². The lowest BCUT2D eigenvalue weighted by Crippen LogP contribution is -2.42. The molecule has 1 fully saturated rings. The van der Waals surface area contributed by atoms with Crippen LogP contribution in [0.15, 0.2) is 17.1 Å². The number of piperidine rings is 1. The third-order valence-electron chi connectivity index (χ3n) is 4.32. The van der Waals surface area contributed by atoms with E-state index in [1.165, 1.54) is 10.6 Å². The van der Waals surface area contributed by atoms with Gasteiger partial charge in [0.05, 0.1) is 18.3 Å². The number of hydrogen-bond donors (Lipinski definition) is 1. The number of anilines is 1. The maximum Gasteiger partial charge on any atom is 0.223 e. The molecule has 0 atom stereocenters. The van der Waals surface area contributed by atoms with Gasteiger partial charge in [-0.25, -0.2) is 27.7 Å². The predicted molar refractivity (Wildman–Crippen MR) is 99.7 cm³/mol. The minimum atomic E-state index is -3.11. The molecule has 0 unspecified atom stereocenters. The smallest absolute Gasteiger partial charge is 0.223 e. The van der Waals surface area contributed by atoms with Crippen molar-refractivity contribution in [3.05, 3.63) is 22.7 Å². The number of nitrogens with zero attached hydrogens (tertiary/aromatic N) is 5. The molecule has 1 saturated heterocycles. The summed E-state index contributed by atoms with van der Waals surface area (Å²) in [6.07, 6.45) is 6.22. The number of imidazole rings is 1. The Hall–Kier alpha value is -1.52. The van der Waals surface area contributed by atoms with Crippen LogP contribution in [0, 0.1) is 6.92 Å². The molecule has 0 spiro atoms. The Kier molecular flexibility index (Phi) is 5.12. The highest BCUT2D eigenvalue weighted by Gasteiger charge is 2.25. The summed E-state index contributed by atoms with van der Waals surface area (Å²) in [5.41, 5.74) is 2.49. The molecule has 10 heteroatoms. The molecule has 3 rings (SSSR count). The van der Waals surface area contributed by atoms with E-state index in [2.05, 4.69) is 36.2 Å². The molecule has 0 saturated carbocycles. The van der Waals surface area contributed by atoms with Crippen molar-refractivity contribution in [2.75, 3.05) is 24.7 Å². The first kappa shape index (κ1) is 18.3. The molecule has 136 valence electrons. The maximum atomic E-state index is 11.6. The lowest BCUT2D eigenvalue weighted by molar-refractivity contribution is 0.331. The second-order valence-corrected chi connectivity index (χ2v) is 9.03. The van der Waals surface area contributed by atoms with Crippen LogP contribution >= 0.6 is 15.9 Å². The Balaban J connectivity index is 1.75. The van der Waals surface area contributed by atoms with Gasteiger partial charge >= 0.3 is 0 Å². The highest BCUT2D eigenvalue weighted by Crippen LogP contribution is 2.28. The number of nitrogens with one attached hydrogen (secondary N) is 1. The molecule has 2 aromatic heterocycles. The van der Waals surface area contributed by atoms with E-state index in [1.807, 2.05) is 18.5 Å². The molecule has 3 heterocycles. The maximum absolute atomic E-state index is 11.6. The molecule has 0 amide bonds. The lowest BCUT2D eigenvalue weighted by Gasteiger charge is -2.30. The lowest BCUT2D eigenvalue weighted by atomic mass is 10.1. The second kappa shape index (κ2) is 7.00. The Morgan fingerprint density at radius 1 is 1.24 bits per heavy atom. The Labute approximate surface area is 155 Å². The van der Waals surface area contributed by atoms with Gasteiger partial charge in [0.25, 0.3) is 0 Å². The molecule has 1 N–H and O–H groups in total. The molecular weight excluding hydrogens is 408 g/mol. The fourth-order valence-corrected chi connectivity index (χ4v) is 4.10. The van der Waals surface area contributed by atoms with Crippen LogP contribution < -0.4 is 5.32 Å². The third kappa shape index (κ3) is 4.01. The molecule has 0 bridgehead atoms. The van der Waals surface area contributed by atoms with E-state index in [0.717, 1.165) is 34.4 Å². The van der Waals surface area contributed by atoms with Gasteiger partial charge in [0.1, 0.15) is 10.3 Å². The van der Waals surface area contributed by atoms with E-state index >= 15 is 0 Å². The first-order valence-electron chi connectivity index (χ1n) is 7.98. The molecule has 8 nitrogen and oxygen atoms in total. The second-order valence-electron chi connectivity index (χ2n) is 6.30. The first-order valence-corrected chi connectivity index (χ1v) is 10.6. The fraction of sp³-hybridized carbons (Fsp3) is 0.533. The summed E-state index contributed by atoms with van der Waals surface area (Å²) < 4.78 is 27.4. The summed E-state index contributed by atoms with van der Waals surface area (Å²) in [4.78, 5) is 13.4. The van der Waals surface area contributed by atoms with Crippen LogP contribution in [0.4, 0.5) is 5.95 Å². The number of rotatable bonds is 4. The Bertz CT molecular complexity index is 874. The van der Waals surface area contributed by atoms with Crippen molar-refractivity contribution >= 4 is 31.9 Å². The van der Waals surface area contributed by atoms with E-state index < -0.39 is 10.0 Å². The number of aromatic nitrogens is 4. The quantitative estimate of drug-likeness (QED) is 0.797. The summed E-state index contributed by atoms with van der Waals surface area (Å²) in [7, 11) is -1.21. The van der Waals surface area contributed by atoms with E-state index in [4.69, 9.17) is 0 Å². The van der Waals surface area contributed by atoms with Gasteiger partial charge in [-0.1, -0.05) is 0 Å². The number of hydrogen-bond acceptors (Lipinski definition) is 6. The monoisotopic (exact) mass is 428 g/mol. The predicted octanol–water partition coefficient (Wildman–Crippen LogP) is 1.78. The average molecular weight is 429 g/mol. The topological polar surface area (TPSA) is 93.0 Å². The zero-order chi connectivity index (χ0) is 18.2. The molecule has 25 heavy (non-hydrogen) atoms. The molecule has 1 aliphatic heterocycles. The van der Waals surface area contributed by atoms with Crippen molar-refractivity contribution in [2.45, 2.75) is 25.8 Å². The molecule has 0 radical (unpaired) electrons. The summed E-state index contributed by atoms with van der Waals surface area (Å²) in [6, 6.07) is 0.153. The minimum absolute atomic E-state index is 0.153. The van der Waals surface area contributed by atoms with Crippen molar-refractivity contribution < 1.29 is 8.42 Å². The van der Waals surface area contributed by atoms with Crippen molar-refractivity contribution in [3.8, 4) is 11.4 Å². The van der Waals surface area contributed by atoms with Crippen LogP contribution in [0.1, 0.15) is 18.4 Å². The minimum Gasteiger partial charge on any atom is -0.351 e. The molecule has 0 aliphatic carbocycles. The van der Waals surface area contributed by atoms with Crippen molar-refractivity contribution in [2.24, 2.45) is 7.05 Å². The largest absolute Gasteiger partial charge is 0.351 e. The number of sulfonamides is 1. The summed E-state index contributed by atoms with van der Waals surface area (Å²) >= 11 is 3.53. The van der Waals surface area contributed by atoms with Crippen molar-refractivity contribution in [3.63, 3.8) is 0 Å². The van der Waals surface area contributed by atoms with E-state index in [9.17, 15) is 8.42 Å². The van der Waals surface area contributed by atoms with E-state index in [-0.39, 0.29) is 6.04 Å². The standard InChI is InChI=1S/C15H21BrN6O2S/c1-10-8-17-15(20-12(10)13-14(16)21(2)9-18-13)19-11-4-6-22(7-5-11)25(3,23)24/h8-9,11H,4-7H2,1-3H3,(H,17,19,20). The van der Waals surface area contributed by atoms with Gasteiger partial charge in [-0.05, 0) is 41.3 Å². The fourth-order valence-electron chi connectivity index (χ4n) is 2.84. The van der Waals surface area contributed by atoms with Gasteiger partial charge in [0.2, 0.25) is 16.0 Å². The van der Waals surface area contributed by atoms with Crippen molar-refractivity contribution in [1.29, 1.82) is 0 Å². The van der Waals surface area contributed by atoms with Crippen LogP contribution in [0.3, 0.4) is 0 Å². The van der Waals surface area contributed by atoms with Gasteiger partial charge in [-0.15, -0.1) is 0 Å². The molecular formula is C15H21BrN6O2S. The van der Waals surface area contributed by atoms with Crippen LogP contribution in [0.5, 0.6) is 0 Å². The van der Waals surface area contributed by atoms with Gasteiger partial charge in [-0.3, -0.25) is 0 Å². The van der Waals surface area contributed by atoms with Crippen LogP contribution in [0.25, 0.3) is 11.4 Å².